The molecule has 0 N–H and O–H groups in total. The van der Waals surface area contributed by atoms with Gasteiger partial charge in [-0.1, -0.05) is 59.6 Å². The number of carbonyl (C=O) groups excluding carboxylic acids is 2. The molecule has 0 aliphatic heterocycles. The van der Waals surface area contributed by atoms with Crippen LogP contribution >= 0.6 is 0 Å². The van der Waals surface area contributed by atoms with Gasteiger partial charge in [-0.15, -0.1) is 0 Å². The van der Waals surface area contributed by atoms with Crippen LogP contribution < -0.4 is 0 Å². The zero-order chi connectivity index (χ0) is 29.7. The minimum atomic E-state index is -0.471. The van der Waals surface area contributed by atoms with E-state index in [1.165, 1.54) is 44.9 Å². The van der Waals surface area contributed by atoms with Crippen LogP contribution in [-0.2, 0) is 19.1 Å². The quantitative estimate of drug-likeness (QED) is 0.258. The lowest BCUT2D eigenvalue weighted by Crippen LogP contribution is -2.63. The van der Waals surface area contributed by atoms with Gasteiger partial charge in [0.15, 0.2) is 0 Å². The van der Waals surface area contributed by atoms with Gasteiger partial charge in [-0.2, -0.15) is 0 Å². The molecule has 3 saturated carbocycles. The van der Waals surface area contributed by atoms with E-state index in [-0.39, 0.29) is 45.1 Å². The van der Waals surface area contributed by atoms with E-state index in [1.807, 2.05) is 0 Å². The first-order valence-corrected chi connectivity index (χ1v) is 16.4. The highest BCUT2D eigenvalue weighted by molar-refractivity contribution is 5.66. The Kier molecular flexibility index (Phi) is 6.85. The van der Waals surface area contributed by atoms with Gasteiger partial charge in [0.05, 0.1) is 0 Å². The summed E-state index contributed by atoms with van der Waals surface area (Å²) in [6, 6.07) is 0. The van der Waals surface area contributed by atoms with Gasteiger partial charge in [-0.05, 0) is 118 Å². The minimum absolute atomic E-state index is 0.0164. The molecule has 5 rings (SSSR count). The monoisotopic (exact) mass is 554 g/mol. The largest absolute Gasteiger partial charge is 0.462 e. The maximum absolute atomic E-state index is 12.1. The van der Waals surface area contributed by atoms with Crippen molar-refractivity contribution in [2.45, 2.75) is 158 Å². The van der Waals surface area contributed by atoms with E-state index >= 15 is 0 Å². The Bertz CT molecular complexity index is 1120. The predicted molar refractivity (Wildman–Crippen MR) is 161 cm³/mol. The van der Waals surface area contributed by atoms with Crippen molar-refractivity contribution in [1.82, 2.24) is 0 Å². The Morgan fingerprint density at radius 1 is 0.750 bits per heavy atom. The summed E-state index contributed by atoms with van der Waals surface area (Å²) in [6.07, 6.45) is 13.0. The average Bonchev–Trinajstić information content (AvgIpc) is 2.82. The highest BCUT2D eigenvalue weighted by Gasteiger charge is 2.67. The fourth-order valence-corrected chi connectivity index (χ4v) is 11.7. The molecule has 0 spiro atoms. The van der Waals surface area contributed by atoms with Gasteiger partial charge in [-0.25, -0.2) is 0 Å². The summed E-state index contributed by atoms with van der Waals surface area (Å²) in [5.74, 6) is 0.854. The first-order chi connectivity index (χ1) is 18.3. The molecule has 5 aliphatic rings. The molecule has 0 bridgehead atoms. The molecule has 0 aromatic carbocycles. The molecule has 4 heteroatoms. The molecule has 0 saturated heterocycles. The van der Waals surface area contributed by atoms with E-state index in [0.29, 0.717) is 17.3 Å². The van der Waals surface area contributed by atoms with Crippen molar-refractivity contribution in [3.8, 4) is 0 Å². The molecule has 5 aliphatic carbocycles. The van der Waals surface area contributed by atoms with Crippen molar-refractivity contribution in [1.29, 1.82) is 0 Å². The van der Waals surface area contributed by atoms with Gasteiger partial charge in [0, 0.05) is 24.7 Å². The van der Waals surface area contributed by atoms with Gasteiger partial charge >= 0.3 is 11.9 Å². The van der Waals surface area contributed by atoms with E-state index in [9.17, 15) is 9.59 Å². The van der Waals surface area contributed by atoms with Crippen molar-refractivity contribution in [2.75, 3.05) is 0 Å². The molecular formula is C36H58O4. The number of ether oxygens (including phenoxy) is 2. The van der Waals surface area contributed by atoms with Crippen LogP contribution in [0.4, 0.5) is 0 Å². The highest BCUT2D eigenvalue weighted by Crippen LogP contribution is 2.75. The van der Waals surface area contributed by atoms with Crippen LogP contribution in [0.2, 0.25) is 0 Å². The van der Waals surface area contributed by atoms with Crippen molar-refractivity contribution < 1.29 is 19.1 Å². The second kappa shape index (κ2) is 9.09. The van der Waals surface area contributed by atoms with Crippen LogP contribution in [0.3, 0.4) is 0 Å². The molecule has 0 heterocycles. The predicted octanol–water partition coefficient (Wildman–Crippen LogP) is 9.21. The first-order valence-electron chi connectivity index (χ1n) is 16.4. The van der Waals surface area contributed by atoms with Crippen LogP contribution in [0.25, 0.3) is 0 Å². The number of fused-ring (bicyclic) bond motifs is 6. The van der Waals surface area contributed by atoms with Crippen LogP contribution in [-0.4, -0.2) is 23.6 Å². The summed E-state index contributed by atoms with van der Waals surface area (Å²) < 4.78 is 11.9. The third-order valence-electron chi connectivity index (χ3n) is 14.9. The third kappa shape index (κ3) is 4.03. The maximum Gasteiger partial charge on any atom is 0.303 e. The molecule has 4 nitrogen and oxygen atoms in total. The van der Waals surface area contributed by atoms with Crippen LogP contribution in [0.15, 0.2) is 11.1 Å². The SMILES string of the molecule is CC(=O)O[C@H]1CC[C@]2(C)C3=C(CCC2C1(C)C)[C@@]1(C)CC[C@@]2(C)CC[C@@](C)(C(C)(C)OC(C)=O)C[C@H]2[C@]1(C)CC3. The molecule has 226 valence electrons. The van der Waals surface area contributed by atoms with Gasteiger partial charge < -0.3 is 9.47 Å². The Balaban J connectivity index is 1.52. The molecule has 0 amide bonds. The molecule has 0 aromatic rings. The summed E-state index contributed by atoms with van der Waals surface area (Å²) in [7, 11) is 0. The molecule has 1 unspecified atom stereocenters. The lowest BCUT2D eigenvalue weighted by atomic mass is 9.35. The van der Waals surface area contributed by atoms with E-state index in [4.69, 9.17) is 9.47 Å². The minimum Gasteiger partial charge on any atom is -0.462 e. The second-order valence-electron chi connectivity index (χ2n) is 17.2. The summed E-state index contributed by atoms with van der Waals surface area (Å²) in [4.78, 5) is 24.0. The van der Waals surface area contributed by atoms with Gasteiger partial charge in [-0.3, -0.25) is 9.59 Å². The number of carbonyl (C=O) groups is 2. The third-order valence-corrected chi connectivity index (χ3v) is 14.9. The van der Waals surface area contributed by atoms with E-state index in [1.54, 1.807) is 25.0 Å². The first kappa shape index (κ1) is 30.1. The Labute approximate surface area is 244 Å². The maximum atomic E-state index is 12.1. The van der Waals surface area contributed by atoms with Crippen LogP contribution in [0.1, 0.15) is 147 Å². The Morgan fingerprint density at radius 3 is 2.02 bits per heavy atom. The fourth-order valence-electron chi connectivity index (χ4n) is 11.7. The summed E-state index contributed by atoms with van der Waals surface area (Å²) in [6.45, 7) is 25.0. The summed E-state index contributed by atoms with van der Waals surface area (Å²) in [5, 5.41) is 0. The highest BCUT2D eigenvalue weighted by atomic mass is 16.6. The Morgan fingerprint density at radius 2 is 1.40 bits per heavy atom. The lowest BCUT2D eigenvalue weighted by Gasteiger charge is -2.70. The van der Waals surface area contributed by atoms with Gasteiger partial charge in [0.1, 0.15) is 11.7 Å². The van der Waals surface area contributed by atoms with Crippen molar-refractivity contribution >= 4 is 11.9 Å². The number of esters is 2. The number of hydrogen-bond donors (Lipinski definition) is 0. The fraction of sp³-hybridized carbons (Fsp3) is 0.889. The van der Waals surface area contributed by atoms with Gasteiger partial charge in [0.2, 0.25) is 0 Å². The summed E-state index contributed by atoms with van der Waals surface area (Å²) >= 11 is 0. The molecule has 0 radical (unpaired) electrons. The lowest BCUT2D eigenvalue weighted by molar-refractivity contribution is -0.200. The van der Waals surface area contributed by atoms with E-state index < -0.39 is 5.60 Å². The standard InChI is InChI=1S/C36H58O4/c1-23(37)39-29-15-16-34(9)25-14-17-36(11)28-22-33(8,31(5,6)40-24(2)38)20-18-32(28,7)19-21-35(36,10)26(25)12-13-27(34)30(29,3)4/h27-29H,12-22H2,1-11H3/t27?,28-,29+,32-,33-,34-,35-,36+/m1/s1. The molecular weight excluding hydrogens is 496 g/mol. The molecule has 3 fully saturated rings. The van der Waals surface area contributed by atoms with Crippen molar-refractivity contribution in [2.24, 2.45) is 44.3 Å². The van der Waals surface area contributed by atoms with Crippen molar-refractivity contribution in [3.05, 3.63) is 11.1 Å². The molecule has 0 aromatic heterocycles. The Hall–Kier alpha value is -1.32. The number of rotatable bonds is 3. The molecule has 40 heavy (non-hydrogen) atoms. The van der Waals surface area contributed by atoms with Gasteiger partial charge in [0.25, 0.3) is 0 Å². The normalized spacial score (nSPS) is 46.3. The summed E-state index contributed by atoms with van der Waals surface area (Å²) in [5.41, 5.74) is 4.05. The van der Waals surface area contributed by atoms with E-state index in [0.717, 1.165) is 25.7 Å². The second-order valence-corrected chi connectivity index (χ2v) is 17.2. The smallest absolute Gasteiger partial charge is 0.303 e. The average molecular weight is 555 g/mol. The number of allylic oxidation sites excluding steroid dienone is 2. The zero-order valence-corrected chi connectivity index (χ0v) is 27.6. The molecule has 8 atom stereocenters. The zero-order valence-electron chi connectivity index (χ0n) is 27.6. The topological polar surface area (TPSA) is 52.6 Å². The number of hydrogen-bond acceptors (Lipinski definition) is 4. The van der Waals surface area contributed by atoms with Crippen molar-refractivity contribution in [3.63, 3.8) is 0 Å². The van der Waals surface area contributed by atoms with Crippen LogP contribution in [0, 0.1) is 44.3 Å². The van der Waals surface area contributed by atoms with E-state index in [2.05, 4.69) is 62.3 Å². The van der Waals surface area contributed by atoms with Crippen LogP contribution in [0.5, 0.6) is 0 Å².